The summed E-state index contributed by atoms with van der Waals surface area (Å²) in [4.78, 5) is 11.0. The van der Waals surface area contributed by atoms with E-state index in [4.69, 9.17) is 4.74 Å². The number of hydrogen-bond acceptors (Lipinski definition) is 4. The van der Waals surface area contributed by atoms with E-state index < -0.39 is 26.8 Å². The predicted octanol–water partition coefficient (Wildman–Crippen LogP) is 2.51. The first kappa shape index (κ1) is 17.0. The Bertz CT molecular complexity index is 991. The lowest BCUT2D eigenvalue weighted by Crippen LogP contribution is -2.33. The second-order valence-corrected chi connectivity index (χ2v) is 8.02. The highest BCUT2D eigenvalue weighted by Gasteiger charge is 2.29. The molecule has 26 heavy (non-hydrogen) atoms. The summed E-state index contributed by atoms with van der Waals surface area (Å²) in [5.41, 5.74) is 1.67. The van der Waals surface area contributed by atoms with Gasteiger partial charge in [-0.3, -0.25) is 4.79 Å². The Morgan fingerprint density at radius 2 is 2.00 bits per heavy atom. The number of aryl methyl sites for hydroxylation is 1. The summed E-state index contributed by atoms with van der Waals surface area (Å²) in [5.74, 6) is -0.469. The molecular formula is C18H17FN2O4S. The number of para-hydroxylation sites is 1. The van der Waals surface area contributed by atoms with Crippen molar-refractivity contribution in [2.45, 2.75) is 30.2 Å². The molecule has 6 nitrogen and oxygen atoms in total. The monoisotopic (exact) mass is 376 g/mol. The van der Waals surface area contributed by atoms with Crippen molar-refractivity contribution in [2.24, 2.45) is 0 Å². The molecule has 0 radical (unpaired) electrons. The molecular weight excluding hydrogens is 359 g/mol. The lowest BCUT2D eigenvalue weighted by Gasteiger charge is -2.26. The molecule has 8 heteroatoms. The standard InChI is InChI=1S/C18H17FN2O4S/c19-13-10-15-11(5-6-18(22)20-15)9-17(13)26(23,24)21-14-7-8-25-16-4-2-1-3-12(14)16/h1-4,9-10,14,21H,5-8H2,(H,20,22). The van der Waals surface area contributed by atoms with Gasteiger partial charge >= 0.3 is 0 Å². The number of ether oxygens (including phenoxy) is 1. The molecule has 2 aromatic carbocycles. The fourth-order valence-corrected chi connectivity index (χ4v) is 4.66. The van der Waals surface area contributed by atoms with E-state index in [-0.39, 0.29) is 12.3 Å². The molecule has 0 aliphatic carbocycles. The number of rotatable bonds is 3. The van der Waals surface area contributed by atoms with Gasteiger partial charge in [0, 0.05) is 24.1 Å². The Morgan fingerprint density at radius 1 is 1.19 bits per heavy atom. The lowest BCUT2D eigenvalue weighted by molar-refractivity contribution is -0.116. The zero-order chi connectivity index (χ0) is 18.3. The van der Waals surface area contributed by atoms with E-state index in [1.807, 2.05) is 6.07 Å². The van der Waals surface area contributed by atoms with E-state index in [2.05, 4.69) is 10.0 Å². The topological polar surface area (TPSA) is 84.5 Å². The SMILES string of the molecule is O=C1CCc2cc(S(=O)(=O)NC3CCOc4ccccc43)c(F)cc2N1. The molecule has 0 spiro atoms. The number of hydrogen-bond donors (Lipinski definition) is 2. The summed E-state index contributed by atoms with van der Waals surface area (Å²) in [6.07, 6.45) is 1.09. The van der Waals surface area contributed by atoms with Gasteiger partial charge in [-0.1, -0.05) is 18.2 Å². The smallest absolute Gasteiger partial charge is 0.244 e. The number of carbonyl (C=O) groups excluding carboxylic acids is 1. The number of amides is 1. The van der Waals surface area contributed by atoms with Crippen molar-refractivity contribution in [3.8, 4) is 5.75 Å². The maximum absolute atomic E-state index is 14.5. The molecule has 2 aliphatic heterocycles. The highest BCUT2D eigenvalue weighted by Crippen LogP contribution is 2.34. The summed E-state index contributed by atoms with van der Waals surface area (Å²) >= 11 is 0. The molecule has 1 unspecified atom stereocenters. The number of benzene rings is 2. The van der Waals surface area contributed by atoms with E-state index >= 15 is 0 Å². The van der Waals surface area contributed by atoms with Crippen molar-refractivity contribution in [2.75, 3.05) is 11.9 Å². The van der Waals surface area contributed by atoms with Crippen LogP contribution in [-0.2, 0) is 21.2 Å². The average Bonchev–Trinajstić information content (AvgIpc) is 2.61. The van der Waals surface area contributed by atoms with Crippen molar-refractivity contribution in [3.63, 3.8) is 0 Å². The normalized spacial score (nSPS) is 19.1. The molecule has 0 saturated carbocycles. The van der Waals surface area contributed by atoms with Crippen LogP contribution in [0.3, 0.4) is 0 Å². The number of fused-ring (bicyclic) bond motifs is 2. The molecule has 2 N–H and O–H groups in total. The van der Waals surface area contributed by atoms with Crippen LogP contribution < -0.4 is 14.8 Å². The Hall–Kier alpha value is -2.45. The van der Waals surface area contributed by atoms with E-state index in [0.717, 1.165) is 11.6 Å². The van der Waals surface area contributed by atoms with Gasteiger partial charge in [-0.15, -0.1) is 0 Å². The van der Waals surface area contributed by atoms with Crippen molar-refractivity contribution in [1.82, 2.24) is 4.72 Å². The number of anilines is 1. The van der Waals surface area contributed by atoms with E-state index in [9.17, 15) is 17.6 Å². The minimum Gasteiger partial charge on any atom is -0.493 e. The first-order chi connectivity index (χ1) is 12.4. The predicted molar refractivity (Wildman–Crippen MR) is 93.0 cm³/mol. The number of halogens is 1. The third-order valence-electron chi connectivity index (χ3n) is 4.60. The lowest BCUT2D eigenvalue weighted by atomic mass is 10.0. The molecule has 2 aromatic rings. The van der Waals surface area contributed by atoms with Gasteiger partial charge in [-0.25, -0.2) is 17.5 Å². The minimum absolute atomic E-state index is 0.204. The van der Waals surface area contributed by atoms with Gasteiger partial charge in [0.2, 0.25) is 15.9 Å². The molecule has 1 amide bonds. The van der Waals surface area contributed by atoms with E-state index in [0.29, 0.717) is 36.4 Å². The van der Waals surface area contributed by atoms with Crippen LogP contribution >= 0.6 is 0 Å². The zero-order valence-corrected chi connectivity index (χ0v) is 14.6. The Balaban J connectivity index is 1.67. The summed E-state index contributed by atoms with van der Waals surface area (Å²) in [6.45, 7) is 0.378. The summed E-state index contributed by atoms with van der Waals surface area (Å²) < 4.78 is 48.2. The molecule has 0 aromatic heterocycles. The molecule has 2 aliphatic rings. The van der Waals surface area contributed by atoms with Crippen LogP contribution in [0.15, 0.2) is 41.3 Å². The highest BCUT2D eigenvalue weighted by atomic mass is 32.2. The van der Waals surface area contributed by atoms with Crippen LogP contribution in [0.4, 0.5) is 10.1 Å². The van der Waals surface area contributed by atoms with Crippen LogP contribution in [0.1, 0.15) is 30.0 Å². The number of carbonyl (C=O) groups is 1. The average molecular weight is 376 g/mol. The fraction of sp³-hybridized carbons (Fsp3) is 0.278. The minimum atomic E-state index is -4.07. The van der Waals surface area contributed by atoms with Crippen LogP contribution in [0.5, 0.6) is 5.75 Å². The molecule has 4 rings (SSSR count). The van der Waals surface area contributed by atoms with Crippen LogP contribution in [0.25, 0.3) is 0 Å². The molecule has 1 atom stereocenters. The molecule has 136 valence electrons. The van der Waals surface area contributed by atoms with Crippen molar-refractivity contribution >= 4 is 21.6 Å². The molecule has 0 fully saturated rings. The fourth-order valence-electron chi connectivity index (χ4n) is 3.30. The molecule has 0 bridgehead atoms. The van der Waals surface area contributed by atoms with Gasteiger partial charge in [0.1, 0.15) is 16.5 Å². The Kier molecular flexibility index (Phi) is 4.16. The zero-order valence-electron chi connectivity index (χ0n) is 13.8. The van der Waals surface area contributed by atoms with Crippen LogP contribution in [0.2, 0.25) is 0 Å². The Labute approximate surface area is 150 Å². The van der Waals surface area contributed by atoms with Crippen molar-refractivity contribution < 1.29 is 22.3 Å². The number of nitrogens with one attached hydrogen (secondary N) is 2. The van der Waals surface area contributed by atoms with E-state index in [1.54, 1.807) is 18.2 Å². The summed E-state index contributed by atoms with van der Waals surface area (Å²) in [5, 5.41) is 2.56. The largest absolute Gasteiger partial charge is 0.493 e. The number of sulfonamides is 1. The van der Waals surface area contributed by atoms with E-state index in [1.165, 1.54) is 6.07 Å². The van der Waals surface area contributed by atoms with Gasteiger partial charge in [0.15, 0.2) is 0 Å². The maximum Gasteiger partial charge on any atom is 0.244 e. The highest BCUT2D eigenvalue weighted by molar-refractivity contribution is 7.89. The van der Waals surface area contributed by atoms with Crippen molar-refractivity contribution in [1.29, 1.82) is 0 Å². The van der Waals surface area contributed by atoms with Crippen molar-refractivity contribution in [3.05, 3.63) is 53.3 Å². The van der Waals surface area contributed by atoms with Gasteiger partial charge in [-0.2, -0.15) is 0 Å². The molecule has 0 saturated heterocycles. The second kappa shape index (κ2) is 6.37. The third-order valence-corrected chi connectivity index (χ3v) is 6.09. The summed E-state index contributed by atoms with van der Waals surface area (Å²) in [7, 11) is -4.07. The third kappa shape index (κ3) is 3.06. The molecule has 2 heterocycles. The second-order valence-electron chi connectivity index (χ2n) is 6.34. The summed E-state index contributed by atoms with van der Waals surface area (Å²) in [6, 6.07) is 9.07. The van der Waals surface area contributed by atoms with Gasteiger partial charge in [0.05, 0.1) is 12.6 Å². The van der Waals surface area contributed by atoms with Gasteiger partial charge in [0.25, 0.3) is 0 Å². The van der Waals surface area contributed by atoms with Gasteiger partial charge < -0.3 is 10.1 Å². The van der Waals surface area contributed by atoms with Crippen LogP contribution in [0, 0.1) is 5.82 Å². The first-order valence-electron chi connectivity index (χ1n) is 8.30. The van der Waals surface area contributed by atoms with Gasteiger partial charge in [-0.05, 0) is 30.2 Å². The van der Waals surface area contributed by atoms with Crippen LogP contribution in [-0.4, -0.2) is 20.9 Å². The quantitative estimate of drug-likeness (QED) is 0.862. The Morgan fingerprint density at radius 3 is 2.85 bits per heavy atom. The first-order valence-corrected chi connectivity index (χ1v) is 9.79. The maximum atomic E-state index is 14.5.